The molecule has 19 heavy (non-hydrogen) atoms. The Labute approximate surface area is 115 Å². The summed E-state index contributed by atoms with van der Waals surface area (Å²) in [6.07, 6.45) is 2.20. The summed E-state index contributed by atoms with van der Waals surface area (Å²) in [6, 6.07) is 8.25. The molecule has 2 unspecified atom stereocenters. The van der Waals surface area contributed by atoms with Crippen molar-refractivity contribution in [3.8, 4) is 0 Å². The zero-order chi connectivity index (χ0) is 13.4. The Bertz CT molecular complexity index is 501. The molecule has 0 aromatic heterocycles. The first-order valence-electron chi connectivity index (χ1n) is 6.40. The highest BCUT2D eigenvalue weighted by molar-refractivity contribution is 8.00. The lowest BCUT2D eigenvalue weighted by Crippen LogP contribution is -2.46. The van der Waals surface area contributed by atoms with Gasteiger partial charge in [0.15, 0.2) is 0 Å². The lowest BCUT2D eigenvalue weighted by atomic mass is 10.1. The quantitative estimate of drug-likeness (QED) is 0.919. The topological polar surface area (TPSA) is 57.6 Å². The summed E-state index contributed by atoms with van der Waals surface area (Å²) in [6.45, 7) is 0. The van der Waals surface area contributed by atoms with Gasteiger partial charge < -0.3 is 10.0 Å². The number of aliphatic carboxylic acids is 1. The second kappa shape index (κ2) is 4.89. The standard InChI is InChI=1S/C14H15NO3S/c16-12(9-4-2-1-3-5-9)15-11(14(17)18)8-19-13(15)10-6-7-10/h1-5,10-11,13H,6-8H2,(H,17,18). The third-order valence-electron chi connectivity index (χ3n) is 3.60. The number of carbonyl (C=O) groups excluding carboxylic acids is 1. The fourth-order valence-corrected chi connectivity index (χ4v) is 4.08. The third-order valence-corrected chi connectivity index (χ3v) is 5.06. The van der Waals surface area contributed by atoms with Crippen LogP contribution < -0.4 is 0 Å². The Balaban J connectivity index is 1.89. The number of nitrogens with zero attached hydrogens (tertiary/aromatic N) is 1. The third kappa shape index (κ3) is 2.34. The van der Waals surface area contributed by atoms with E-state index in [-0.39, 0.29) is 11.3 Å². The smallest absolute Gasteiger partial charge is 0.327 e. The van der Waals surface area contributed by atoms with E-state index in [2.05, 4.69) is 0 Å². The molecular formula is C14H15NO3S. The van der Waals surface area contributed by atoms with Crippen LogP contribution in [-0.4, -0.2) is 39.1 Å². The summed E-state index contributed by atoms with van der Waals surface area (Å²) in [5, 5.41) is 9.33. The zero-order valence-electron chi connectivity index (χ0n) is 10.4. The Morgan fingerprint density at radius 1 is 1.21 bits per heavy atom. The van der Waals surface area contributed by atoms with Crippen molar-refractivity contribution in [1.29, 1.82) is 0 Å². The van der Waals surface area contributed by atoms with E-state index in [1.807, 2.05) is 6.07 Å². The van der Waals surface area contributed by atoms with Gasteiger partial charge in [-0.15, -0.1) is 11.8 Å². The first-order chi connectivity index (χ1) is 9.18. The Morgan fingerprint density at radius 2 is 1.89 bits per heavy atom. The summed E-state index contributed by atoms with van der Waals surface area (Å²) in [4.78, 5) is 25.5. The van der Waals surface area contributed by atoms with Crippen molar-refractivity contribution in [1.82, 2.24) is 4.90 Å². The highest BCUT2D eigenvalue weighted by Gasteiger charge is 2.48. The average Bonchev–Trinajstić information content (AvgIpc) is 3.17. The van der Waals surface area contributed by atoms with Gasteiger partial charge in [0.05, 0.1) is 5.37 Å². The van der Waals surface area contributed by atoms with Gasteiger partial charge >= 0.3 is 5.97 Å². The van der Waals surface area contributed by atoms with Gasteiger partial charge in [-0.05, 0) is 30.9 Å². The molecule has 5 heteroatoms. The van der Waals surface area contributed by atoms with E-state index in [0.29, 0.717) is 17.2 Å². The van der Waals surface area contributed by atoms with Crippen molar-refractivity contribution in [3.05, 3.63) is 35.9 Å². The van der Waals surface area contributed by atoms with Crippen LogP contribution in [0.1, 0.15) is 23.2 Å². The first kappa shape index (κ1) is 12.5. The number of carboxylic acids is 1. The number of carboxylic acid groups (broad SMARTS) is 1. The summed E-state index contributed by atoms with van der Waals surface area (Å²) in [5.41, 5.74) is 0.571. The van der Waals surface area contributed by atoms with Crippen molar-refractivity contribution in [2.45, 2.75) is 24.3 Å². The molecule has 0 spiro atoms. The van der Waals surface area contributed by atoms with Gasteiger partial charge in [0.2, 0.25) is 0 Å². The van der Waals surface area contributed by atoms with E-state index in [4.69, 9.17) is 0 Å². The molecule has 0 bridgehead atoms. The number of rotatable bonds is 3. The van der Waals surface area contributed by atoms with E-state index in [1.54, 1.807) is 40.9 Å². The van der Waals surface area contributed by atoms with E-state index >= 15 is 0 Å². The minimum absolute atomic E-state index is 0.0359. The molecule has 1 heterocycles. The predicted octanol–water partition coefficient (Wildman–Crippen LogP) is 2.06. The first-order valence-corrected chi connectivity index (χ1v) is 7.45. The molecule has 1 saturated heterocycles. The maximum atomic E-state index is 12.6. The minimum atomic E-state index is -0.903. The lowest BCUT2D eigenvalue weighted by molar-refractivity contribution is -0.141. The molecule has 2 atom stereocenters. The number of carbonyl (C=O) groups is 2. The van der Waals surface area contributed by atoms with Gasteiger partial charge in [0.1, 0.15) is 6.04 Å². The Hall–Kier alpha value is -1.49. The van der Waals surface area contributed by atoms with E-state index in [1.165, 1.54) is 0 Å². The monoisotopic (exact) mass is 277 g/mol. The van der Waals surface area contributed by atoms with Gasteiger partial charge in [0.25, 0.3) is 5.91 Å². The van der Waals surface area contributed by atoms with Crippen LogP contribution in [0.2, 0.25) is 0 Å². The molecule has 1 aliphatic carbocycles. The molecule has 3 rings (SSSR count). The second-order valence-corrected chi connectivity index (χ2v) is 6.14. The highest BCUT2D eigenvalue weighted by atomic mass is 32.2. The van der Waals surface area contributed by atoms with Crippen molar-refractivity contribution >= 4 is 23.6 Å². The molecule has 1 aromatic rings. The van der Waals surface area contributed by atoms with Crippen LogP contribution in [0.4, 0.5) is 0 Å². The SMILES string of the molecule is O=C(O)C1CSC(C2CC2)N1C(=O)c1ccccc1. The largest absolute Gasteiger partial charge is 0.480 e. The normalized spacial score (nSPS) is 26.4. The molecule has 1 aliphatic heterocycles. The summed E-state index contributed by atoms with van der Waals surface area (Å²) in [5.74, 6) is -0.0911. The lowest BCUT2D eigenvalue weighted by Gasteiger charge is -2.27. The van der Waals surface area contributed by atoms with Crippen LogP contribution in [0.5, 0.6) is 0 Å². The van der Waals surface area contributed by atoms with E-state index in [9.17, 15) is 14.7 Å². The van der Waals surface area contributed by atoms with Gasteiger partial charge in [-0.1, -0.05) is 18.2 Å². The Kier molecular flexibility index (Phi) is 3.22. The van der Waals surface area contributed by atoms with Crippen molar-refractivity contribution in [3.63, 3.8) is 0 Å². The van der Waals surface area contributed by atoms with Gasteiger partial charge in [0, 0.05) is 11.3 Å². The van der Waals surface area contributed by atoms with Crippen LogP contribution in [0.3, 0.4) is 0 Å². The van der Waals surface area contributed by atoms with E-state index in [0.717, 1.165) is 12.8 Å². The maximum absolute atomic E-state index is 12.6. The van der Waals surface area contributed by atoms with E-state index < -0.39 is 12.0 Å². The number of benzene rings is 1. The average molecular weight is 277 g/mol. The van der Waals surface area contributed by atoms with Crippen LogP contribution in [0.15, 0.2) is 30.3 Å². The van der Waals surface area contributed by atoms with Gasteiger partial charge in [-0.3, -0.25) is 4.79 Å². The summed E-state index contributed by atoms with van der Waals surface area (Å²) in [7, 11) is 0. The van der Waals surface area contributed by atoms with Gasteiger partial charge in [-0.2, -0.15) is 0 Å². The van der Waals surface area contributed by atoms with Crippen LogP contribution in [0, 0.1) is 5.92 Å². The van der Waals surface area contributed by atoms with Gasteiger partial charge in [-0.25, -0.2) is 4.79 Å². The van der Waals surface area contributed by atoms with Crippen molar-refractivity contribution in [2.24, 2.45) is 5.92 Å². The Morgan fingerprint density at radius 3 is 2.47 bits per heavy atom. The second-order valence-electron chi connectivity index (χ2n) is 4.99. The molecule has 0 radical (unpaired) electrons. The number of hydrogen-bond donors (Lipinski definition) is 1. The summed E-state index contributed by atoms with van der Waals surface area (Å²) >= 11 is 1.60. The molecule has 1 aromatic carbocycles. The fourth-order valence-electron chi connectivity index (χ4n) is 2.45. The number of amides is 1. The molecule has 1 amide bonds. The number of thioether (sulfide) groups is 1. The predicted molar refractivity (Wildman–Crippen MR) is 73.0 cm³/mol. The molecule has 1 saturated carbocycles. The zero-order valence-corrected chi connectivity index (χ0v) is 11.2. The summed E-state index contributed by atoms with van der Waals surface area (Å²) < 4.78 is 0. The molecule has 2 aliphatic rings. The van der Waals surface area contributed by atoms with Crippen molar-refractivity contribution < 1.29 is 14.7 Å². The fraction of sp³-hybridized carbons (Fsp3) is 0.429. The molecule has 4 nitrogen and oxygen atoms in total. The molecule has 2 fully saturated rings. The maximum Gasteiger partial charge on any atom is 0.327 e. The van der Waals surface area contributed by atoms with Crippen molar-refractivity contribution in [2.75, 3.05) is 5.75 Å². The minimum Gasteiger partial charge on any atom is -0.480 e. The van der Waals surface area contributed by atoms with Crippen LogP contribution >= 0.6 is 11.8 Å². The molecular weight excluding hydrogens is 262 g/mol. The highest BCUT2D eigenvalue weighted by Crippen LogP contribution is 2.45. The van der Waals surface area contributed by atoms with Crippen LogP contribution in [0.25, 0.3) is 0 Å². The molecule has 100 valence electrons. The molecule has 1 N–H and O–H groups in total. The number of hydrogen-bond acceptors (Lipinski definition) is 3. The van der Waals surface area contributed by atoms with Crippen LogP contribution in [-0.2, 0) is 4.79 Å².